The van der Waals surface area contributed by atoms with E-state index < -0.39 is 23.1 Å². The molecule has 4 nitrogen and oxygen atoms in total. The number of carbonyl (C=O) groups is 2. The van der Waals surface area contributed by atoms with Gasteiger partial charge >= 0.3 is 0 Å². The highest BCUT2D eigenvalue weighted by Gasteiger charge is 2.27. The Bertz CT molecular complexity index is 1010. The lowest BCUT2D eigenvalue weighted by Crippen LogP contribution is -2.28. The van der Waals surface area contributed by atoms with Crippen molar-refractivity contribution < 1.29 is 18.4 Å². The summed E-state index contributed by atoms with van der Waals surface area (Å²) in [5.74, 6) is -2.83. The molecular weight excluding hydrogens is 370 g/mol. The van der Waals surface area contributed by atoms with E-state index >= 15 is 0 Å². The number of thiophene rings is 1. The number of hydrogen-bond acceptors (Lipinski definition) is 3. The molecule has 0 aliphatic carbocycles. The Morgan fingerprint density at radius 2 is 1.81 bits per heavy atom. The molecule has 0 atom stereocenters. The Labute approximate surface area is 158 Å². The van der Waals surface area contributed by atoms with Crippen LogP contribution in [0, 0.1) is 11.6 Å². The van der Waals surface area contributed by atoms with E-state index in [1.165, 1.54) is 17.4 Å². The van der Waals surface area contributed by atoms with Gasteiger partial charge in [0.1, 0.15) is 17.2 Å². The first-order valence-corrected chi connectivity index (χ1v) is 9.16. The number of fused-ring (bicyclic) bond motifs is 1. The summed E-state index contributed by atoms with van der Waals surface area (Å²) in [5, 5.41) is 4.35. The zero-order chi connectivity index (χ0) is 19.0. The van der Waals surface area contributed by atoms with E-state index in [1.54, 1.807) is 23.1 Å². The predicted molar refractivity (Wildman–Crippen MR) is 100 cm³/mol. The topological polar surface area (TPSA) is 49.4 Å². The molecule has 2 amide bonds. The van der Waals surface area contributed by atoms with Crippen molar-refractivity contribution in [3.8, 4) is 0 Å². The van der Waals surface area contributed by atoms with Crippen LogP contribution in [0.15, 0.2) is 53.9 Å². The summed E-state index contributed by atoms with van der Waals surface area (Å²) in [6, 6.07) is 12.0. The number of carbonyl (C=O) groups excluding carboxylic acids is 2. The third-order valence-corrected chi connectivity index (χ3v) is 5.26. The van der Waals surface area contributed by atoms with Gasteiger partial charge in [0.05, 0.1) is 4.88 Å². The van der Waals surface area contributed by atoms with Gasteiger partial charge in [-0.2, -0.15) is 0 Å². The Hall–Kier alpha value is -3.06. The monoisotopic (exact) mass is 384 g/mol. The van der Waals surface area contributed by atoms with Gasteiger partial charge < -0.3 is 10.2 Å². The van der Waals surface area contributed by atoms with Crippen molar-refractivity contribution in [3.05, 3.63) is 81.5 Å². The smallest absolute Gasteiger partial charge is 0.268 e. The Morgan fingerprint density at radius 1 is 1.04 bits per heavy atom. The first-order chi connectivity index (χ1) is 13.0. The van der Waals surface area contributed by atoms with Crippen LogP contribution in [0.25, 0.3) is 0 Å². The molecule has 136 valence electrons. The van der Waals surface area contributed by atoms with Gasteiger partial charge in [0.15, 0.2) is 0 Å². The van der Waals surface area contributed by atoms with Crippen LogP contribution >= 0.6 is 11.3 Å². The molecule has 7 heteroatoms. The molecule has 1 aliphatic rings. The van der Waals surface area contributed by atoms with Gasteiger partial charge in [0.2, 0.25) is 0 Å². The summed E-state index contributed by atoms with van der Waals surface area (Å²) in [6.45, 7) is 0.547. The average molecular weight is 384 g/mol. The molecule has 1 N–H and O–H groups in total. The largest absolute Gasteiger partial charge is 0.322 e. The number of anilines is 2. The molecule has 2 heterocycles. The molecule has 0 spiro atoms. The zero-order valence-electron chi connectivity index (χ0n) is 14.0. The van der Waals surface area contributed by atoms with E-state index in [0.717, 1.165) is 17.7 Å². The molecule has 3 aromatic rings. The summed E-state index contributed by atoms with van der Waals surface area (Å²) in [5.41, 5.74) is 1.41. The molecule has 27 heavy (non-hydrogen) atoms. The Kier molecular flexibility index (Phi) is 4.45. The average Bonchev–Trinajstić information content (AvgIpc) is 3.31. The highest BCUT2D eigenvalue weighted by molar-refractivity contribution is 7.12. The van der Waals surface area contributed by atoms with Crippen molar-refractivity contribution in [1.29, 1.82) is 0 Å². The normalized spacial score (nSPS) is 12.7. The quantitative estimate of drug-likeness (QED) is 0.724. The molecule has 0 unspecified atom stereocenters. The third-order valence-electron chi connectivity index (χ3n) is 4.41. The zero-order valence-corrected chi connectivity index (χ0v) is 14.9. The van der Waals surface area contributed by atoms with Crippen LogP contribution < -0.4 is 10.2 Å². The van der Waals surface area contributed by atoms with Crippen LogP contribution in [0.4, 0.5) is 20.2 Å². The summed E-state index contributed by atoms with van der Waals surface area (Å²) in [6.07, 6.45) is 0.711. The molecule has 0 radical (unpaired) electrons. The third kappa shape index (κ3) is 3.21. The van der Waals surface area contributed by atoms with E-state index in [1.807, 2.05) is 17.5 Å². The molecule has 1 aliphatic heterocycles. The molecule has 1 aromatic heterocycles. The van der Waals surface area contributed by atoms with E-state index in [9.17, 15) is 18.4 Å². The lowest BCUT2D eigenvalue weighted by atomic mass is 10.1. The van der Waals surface area contributed by atoms with Crippen LogP contribution in [-0.4, -0.2) is 18.4 Å². The highest BCUT2D eigenvalue weighted by atomic mass is 32.1. The van der Waals surface area contributed by atoms with E-state index in [4.69, 9.17) is 0 Å². The van der Waals surface area contributed by atoms with Gasteiger partial charge in [-0.25, -0.2) is 8.78 Å². The number of halogens is 2. The minimum absolute atomic E-state index is 0.104. The first kappa shape index (κ1) is 17.4. The predicted octanol–water partition coefficient (Wildman–Crippen LogP) is 4.48. The molecule has 4 rings (SSSR count). The van der Waals surface area contributed by atoms with Gasteiger partial charge in [-0.15, -0.1) is 11.3 Å². The molecule has 0 fully saturated rings. The van der Waals surface area contributed by atoms with E-state index in [2.05, 4.69) is 5.32 Å². The maximum atomic E-state index is 13.8. The Morgan fingerprint density at radius 3 is 2.52 bits per heavy atom. The molecule has 0 saturated carbocycles. The standard InChI is InChI=1S/C20H14F2N2O2S/c21-14-3-1-4-15(22)18(14)19(25)23-13-7-6-12-8-9-24(16(12)11-13)20(26)17-5-2-10-27-17/h1-7,10-11H,8-9H2,(H,23,25). The van der Waals surface area contributed by atoms with Gasteiger partial charge in [0.25, 0.3) is 11.8 Å². The van der Waals surface area contributed by atoms with Crippen LogP contribution in [0.3, 0.4) is 0 Å². The molecule has 2 aromatic carbocycles. The number of nitrogens with one attached hydrogen (secondary N) is 1. The van der Waals surface area contributed by atoms with Crippen molar-refractivity contribution in [1.82, 2.24) is 0 Å². The summed E-state index contributed by atoms with van der Waals surface area (Å²) < 4.78 is 27.6. The van der Waals surface area contributed by atoms with Crippen molar-refractivity contribution in [2.24, 2.45) is 0 Å². The van der Waals surface area contributed by atoms with Crippen molar-refractivity contribution in [2.45, 2.75) is 6.42 Å². The second-order valence-corrected chi connectivity index (χ2v) is 7.03. The summed E-state index contributed by atoms with van der Waals surface area (Å²) in [7, 11) is 0. The lowest BCUT2D eigenvalue weighted by molar-refractivity contribution is 0.0991. The van der Waals surface area contributed by atoms with Crippen molar-refractivity contribution >= 4 is 34.5 Å². The number of hydrogen-bond donors (Lipinski definition) is 1. The van der Waals surface area contributed by atoms with Crippen molar-refractivity contribution in [3.63, 3.8) is 0 Å². The van der Waals surface area contributed by atoms with Gasteiger partial charge in [0, 0.05) is 17.9 Å². The van der Waals surface area contributed by atoms with Crippen LogP contribution in [-0.2, 0) is 6.42 Å². The lowest BCUT2D eigenvalue weighted by Gasteiger charge is -2.17. The Balaban J connectivity index is 1.61. The highest BCUT2D eigenvalue weighted by Crippen LogP contribution is 2.33. The minimum Gasteiger partial charge on any atom is -0.322 e. The number of nitrogens with zero attached hydrogens (tertiary/aromatic N) is 1. The van der Waals surface area contributed by atoms with E-state index in [-0.39, 0.29) is 5.91 Å². The molecule has 0 saturated heterocycles. The van der Waals surface area contributed by atoms with Gasteiger partial charge in [-0.05, 0) is 47.7 Å². The fourth-order valence-corrected chi connectivity index (χ4v) is 3.78. The number of benzene rings is 2. The maximum absolute atomic E-state index is 13.8. The fourth-order valence-electron chi connectivity index (χ4n) is 3.11. The SMILES string of the molecule is O=C(Nc1ccc2c(c1)N(C(=O)c1cccs1)CC2)c1c(F)cccc1F. The fraction of sp³-hybridized carbons (Fsp3) is 0.100. The second kappa shape index (κ2) is 6.92. The van der Waals surface area contributed by atoms with E-state index in [0.29, 0.717) is 29.2 Å². The van der Waals surface area contributed by atoms with Crippen LogP contribution in [0.1, 0.15) is 25.6 Å². The second-order valence-electron chi connectivity index (χ2n) is 6.08. The van der Waals surface area contributed by atoms with Crippen molar-refractivity contribution in [2.75, 3.05) is 16.8 Å². The van der Waals surface area contributed by atoms with Gasteiger partial charge in [-0.1, -0.05) is 18.2 Å². The van der Waals surface area contributed by atoms with Crippen LogP contribution in [0.5, 0.6) is 0 Å². The maximum Gasteiger partial charge on any atom is 0.268 e. The summed E-state index contributed by atoms with van der Waals surface area (Å²) >= 11 is 1.36. The van der Waals surface area contributed by atoms with Crippen LogP contribution in [0.2, 0.25) is 0 Å². The summed E-state index contributed by atoms with van der Waals surface area (Å²) in [4.78, 5) is 27.2. The molecular formula is C20H14F2N2O2S. The molecule has 0 bridgehead atoms. The number of rotatable bonds is 3. The van der Waals surface area contributed by atoms with Gasteiger partial charge in [-0.3, -0.25) is 9.59 Å². The first-order valence-electron chi connectivity index (χ1n) is 8.28. The number of amides is 2. The minimum atomic E-state index is -0.928.